The van der Waals surface area contributed by atoms with E-state index in [0.29, 0.717) is 12.2 Å². The van der Waals surface area contributed by atoms with Gasteiger partial charge in [0.1, 0.15) is 0 Å². The molecule has 2 aromatic rings. The highest BCUT2D eigenvalue weighted by molar-refractivity contribution is 6.04. The van der Waals surface area contributed by atoms with Gasteiger partial charge in [0.2, 0.25) is 0 Å². The topological polar surface area (TPSA) is 69.2 Å². The predicted molar refractivity (Wildman–Crippen MR) is 71.9 cm³/mol. The first-order valence-electron chi connectivity index (χ1n) is 6.66. The quantitative estimate of drug-likeness (QED) is 0.875. The molecule has 1 fully saturated rings. The van der Waals surface area contributed by atoms with Crippen molar-refractivity contribution >= 4 is 16.8 Å². The number of H-pyrrole nitrogens is 1. The van der Waals surface area contributed by atoms with E-state index < -0.39 is 0 Å². The number of amides is 1. The van der Waals surface area contributed by atoms with Crippen LogP contribution in [0.2, 0.25) is 0 Å². The first-order valence-corrected chi connectivity index (χ1v) is 6.66. The van der Waals surface area contributed by atoms with E-state index in [-0.39, 0.29) is 18.6 Å². The number of benzene rings is 1. The fourth-order valence-electron chi connectivity index (χ4n) is 2.52. The number of rotatable bonds is 4. The lowest BCUT2D eigenvalue weighted by molar-refractivity contribution is 0.0522. The third kappa shape index (κ3) is 2.10. The molecule has 5 nitrogen and oxygen atoms in total. The summed E-state index contributed by atoms with van der Waals surface area (Å²) in [7, 11) is 0. The second-order valence-electron chi connectivity index (χ2n) is 4.92. The molecule has 0 atom stereocenters. The van der Waals surface area contributed by atoms with Gasteiger partial charge in [0.05, 0.1) is 12.1 Å². The molecule has 0 aliphatic heterocycles. The molecule has 1 aromatic carbocycles. The van der Waals surface area contributed by atoms with Gasteiger partial charge in [0.25, 0.3) is 5.91 Å². The average Bonchev–Trinajstić information content (AvgIpc) is 2.79. The van der Waals surface area contributed by atoms with Crippen molar-refractivity contribution in [3.63, 3.8) is 0 Å². The fraction of sp³-hybridized carbons (Fsp3) is 0.429. The molecule has 1 aromatic heterocycles. The highest BCUT2D eigenvalue weighted by Gasteiger charge is 2.30. The molecule has 1 aliphatic carbocycles. The SMILES string of the molecule is O=C(c1n[nH]c2ccccc12)N(CCO)C1CCC1. The van der Waals surface area contributed by atoms with Crippen molar-refractivity contribution in [1.29, 1.82) is 0 Å². The van der Waals surface area contributed by atoms with Gasteiger partial charge < -0.3 is 10.0 Å². The van der Waals surface area contributed by atoms with Crippen molar-refractivity contribution < 1.29 is 9.90 Å². The van der Waals surface area contributed by atoms with Gasteiger partial charge in [0, 0.05) is 18.0 Å². The van der Waals surface area contributed by atoms with Crippen molar-refractivity contribution in [3.8, 4) is 0 Å². The summed E-state index contributed by atoms with van der Waals surface area (Å²) in [5.41, 5.74) is 1.32. The summed E-state index contributed by atoms with van der Waals surface area (Å²) >= 11 is 0. The molecule has 19 heavy (non-hydrogen) atoms. The zero-order chi connectivity index (χ0) is 13.2. The second kappa shape index (κ2) is 5.01. The predicted octanol–water partition coefficient (Wildman–Crippen LogP) is 1.55. The first kappa shape index (κ1) is 12.2. The number of para-hydroxylation sites is 1. The van der Waals surface area contributed by atoms with Gasteiger partial charge in [-0.1, -0.05) is 18.2 Å². The van der Waals surface area contributed by atoms with E-state index in [1.165, 1.54) is 0 Å². The number of fused-ring (bicyclic) bond motifs is 1. The third-order valence-electron chi connectivity index (χ3n) is 3.79. The molecule has 100 valence electrons. The molecule has 1 saturated carbocycles. The molecule has 5 heteroatoms. The number of hydrogen-bond donors (Lipinski definition) is 2. The van der Waals surface area contributed by atoms with E-state index in [1.54, 1.807) is 4.90 Å². The Labute approximate surface area is 111 Å². The van der Waals surface area contributed by atoms with Gasteiger partial charge in [-0.3, -0.25) is 9.89 Å². The molecule has 3 rings (SSSR count). The molecular formula is C14H17N3O2. The van der Waals surface area contributed by atoms with Gasteiger partial charge in [-0.15, -0.1) is 0 Å². The van der Waals surface area contributed by atoms with Crippen LogP contribution in [-0.4, -0.2) is 45.3 Å². The van der Waals surface area contributed by atoms with E-state index in [1.807, 2.05) is 24.3 Å². The van der Waals surface area contributed by atoms with Gasteiger partial charge >= 0.3 is 0 Å². The Kier molecular flexibility index (Phi) is 3.21. The fourth-order valence-corrected chi connectivity index (χ4v) is 2.52. The Morgan fingerprint density at radius 2 is 2.21 bits per heavy atom. The Bertz CT molecular complexity index is 589. The van der Waals surface area contributed by atoms with Gasteiger partial charge in [-0.25, -0.2) is 0 Å². The molecule has 2 N–H and O–H groups in total. The molecule has 1 aliphatic rings. The number of aromatic amines is 1. The maximum Gasteiger partial charge on any atom is 0.275 e. The van der Waals surface area contributed by atoms with Crippen molar-refractivity contribution in [1.82, 2.24) is 15.1 Å². The van der Waals surface area contributed by atoms with E-state index in [0.717, 1.165) is 30.2 Å². The average molecular weight is 259 g/mol. The zero-order valence-corrected chi connectivity index (χ0v) is 10.7. The highest BCUT2D eigenvalue weighted by atomic mass is 16.3. The number of carbonyl (C=O) groups excluding carboxylic acids is 1. The standard InChI is InChI=1S/C14H17N3O2/c18-9-8-17(10-4-3-5-10)14(19)13-11-6-1-2-7-12(11)15-16-13/h1-2,6-7,10,18H,3-5,8-9H2,(H,15,16). The number of nitrogens with zero attached hydrogens (tertiary/aromatic N) is 2. The lowest BCUT2D eigenvalue weighted by Crippen LogP contribution is -2.45. The Morgan fingerprint density at radius 1 is 1.42 bits per heavy atom. The summed E-state index contributed by atoms with van der Waals surface area (Å²) in [5, 5.41) is 17.0. The summed E-state index contributed by atoms with van der Waals surface area (Å²) in [6.45, 7) is 0.370. The van der Waals surface area contributed by atoms with Crippen molar-refractivity contribution in [3.05, 3.63) is 30.0 Å². The number of aliphatic hydroxyl groups is 1. The Hall–Kier alpha value is -1.88. The summed E-state index contributed by atoms with van der Waals surface area (Å²) in [6.07, 6.45) is 3.20. The number of carbonyl (C=O) groups is 1. The van der Waals surface area contributed by atoms with Gasteiger partial charge in [-0.2, -0.15) is 5.10 Å². The minimum atomic E-state index is -0.0869. The van der Waals surface area contributed by atoms with Gasteiger partial charge in [0.15, 0.2) is 5.69 Å². The minimum Gasteiger partial charge on any atom is -0.395 e. The zero-order valence-electron chi connectivity index (χ0n) is 10.7. The lowest BCUT2D eigenvalue weighted by atomic mass is 9.91. The number of aliphatic hydroxyl groups excluding tert-OH is 1. The molecule has 0 bridgehead atoms. The molecule has 0 unspecified atom stereocenters. The maximum absolute atomic E-state index is 12.6. The van der Waals surface area contributed by atoms with Crippen molar-refractivity contribution in [2.75, 3.05) is 13.2 Å². The maximum atomic E-state index is 12.6. The van der Waals surface area contributed by atoms with Gasteiger partial charge in [-0.05, 0) is 25.3 Å². The monoisotopic (exact) mass is 259 g/mol. The van der Waals surface area contributed by atoms with Crippen LogP contribution in [0.1, 0.15) is 29.8 Å². The highest BCUT2D eigenvalue weighted by Crippen LogP contribution is 2.27. The Morgan fingerprint density at radius 3 is 2.89 bits per heavy atom. The van der Waals surface area contributed by atoms with E-state index >= 15 is 0 Å². The van der Waals surface area contributed by atoms with Crippen LogP contribution >= 0.6 is 0 Å². The summed E-state index contributed by atoms with van der Waals surface area (Å²) in [4.78, 5) is 14.3. The number of aromatic nitrogens is 2. The van der Waals surface area contributed by atoms with Crippen LogP contribution in [0.5, 0.6) is 0 Å². The normalized spacial score (nSPS) is 15.4. The summed E-state index contributed by atoms with van der Waals surface area (Å²) in [5.74, 6) is -0.0869. The van der Waals surface area contributed by atoms with Crippen LogP contribution in [0, 0.1) is 0 Å². The van der Waals surface area contributed by atoms with Crippen LogP contribution in [0.3, 0.4) is 0 Å². The molecular weight excluding hydrogens is 242 g/mol. The van der Waals surface area contributed by atoms with Crippen LogP contribution in [-0.2, 0) is 0 Å². The van der Waals surface area contributed by atoms with E-state index in [9.17, 15) is 4.79 Å². The first-order chi connectivity index (χ1) is 9.31. The molecule has 0 radical (unpaired) electrons. The van der Waals surface area contributed by atoms with Crippen LogP contribution in [0.15, 0.2) is 24.3 Å². The van der Waals surface area contributed by atoms with Crippen LogP contribution < -0.4 is 0 Å². The molecule has 0 saturated heterocycles. The minimum absolute atomic E-state index is 0.00933. The summed E-state index contributed by atoms with van der Waals surface area (Å²) in [6, 6.07) is 7.86. The van der Waals surface area contributed by atoms with Crippen molar-refractivity contribution in [2.24, 2.45) is 0 Å². The summed E-state index contributed by atoms with van der Waals surface area (Å²) < 4.78 is 0. The second-order valence-corrected chi connectivity index (χ2v) is 4.92. The smallest absolute Gasteiger partial charge is 0.275 e. The molecule has 1 heterocycles. The van der Waals surface area contributed by atoms with E-state index in [4.69, 9.17) is 5.11 Å². The van der Waals surface area contributed by atoms with E-state index in [2.05, 4.69) is 10.2 Å². The lowest BCUT2D eigenvalue weighted by Gasteiger charge is -2.36. The van der Waals surface area contributed by atoms with Crippen LogP contribution in [0.4, 0.5) is 0 Å². The number of hydrogen-bond acceptors (Lipinski definition) is 3. The number of nitrogens with one attached hydrogen (secondary N) is 1. The molecule has 1 amide bonds. The van der Waals surface area contributed by atoms with Crippen molar-refractivity contribution in [2.45, 2.75) is 25.3 Å². The van der Waals surface area contributed by atoms with Crippen LogP contribution in [0.25, 0.3) is 10.9 Å². The largest absolute Gasteiger partial charge is 0.395 e. The molecule has 0 spiro atoms. The Balaban J connectivity index is 1.92. The third-order valence-corrected chi connectivity index (χ3v) is 3.79.